The molecule has 0 spiro atoms. The average molecular weight is 413 g/mol. The van der Waals surface area contributed by atoms with Crippen LogP contribution in [0.25, 0.3) is 0 Å². The van der Waals surface area contributed by atoms with Crippen LogP contribution in [0.5, 0.6) is 0 Å². The van der Waals surface area contributed by atoms with Gasteiger partial charge in [-0.15, -0.1) is 0 Å². The molecule has 0 aromatic heterocycles. The predicted octanol–water partition coefficient (Wildman–Crippen LogP) is 5.71. The van der Waals surface area contributed by atoms with Crippen molar-refractivity contribution in [2.24, 2.45) is 0 Å². The molecule has 0 aliphatic rings. The summed E-state index contributed by atoms with van der Waals surface area (Å²) in [6, 6.07) is 11.0. The Labute approximate surface area is 117 Å². The molecule has 98 valence electrons. The Bertz CT molecular complexity index is 289. The van der Waals surface area contributed by atoms with E-state index >= 15 is 0 Å². The number of rotatable bonds is 8. The van der Waals surface area contributed by atoms with E-state index in [-0.39, 0.29) is 0 Å². The van der Waals surface area contributed by atoms with Gasteiger partial charge in [-0.05, 0) is 0 Å². The van der Waals surface area contributed by atoms with Gasteiger partial charge in [0.2, 0.25) is 0 Å². The molecule has 0 nitrogen and oxygen atoms in total. The fraction of sp³-hybridized carbons (Fsp3) is 0.600. The summed E-state index contributed by atoms with van der Waals surface area (Å²) in [5.41, 5.74) is 1.54. The number of unbranched alkanes of at least 4 members (excludes halogenated alkanes) is 2. The minimum absolute atomic E-state index is 1.33. The van der Waals surface area contributed by atoms with Crippen LogP contribution in [-0.2, 0) is 4.47 Å². The zero-order valence-electron chi connectivity index (χ0n) is 11.1. The van der Waals surface area contributed by atoms with Crippen LogP contribution in [0.4, 0.5) is 0 Å². The Morgan fingerprint density at radius 2 is 1.47 bits per heavy atom. The standard InChI is InChI=1S/C15H25BrTe/c1-3-5-12-17(16,13-6-4-2)14-15-10-8-7-9-11-15/h7-11H,3-6,12-14H2,1-2H3. The van der Waals surface area contributed by atoms with Crippen molar-refractivity contribution >= 4 is 28.7 Å². The summed E-state index contributed by atoms with van der Waals surface area (Å²) < 4.78 is 4.31. The van der Waals surface area contributed by atoms with E-state index in [1.165, 1.54) is 44.7 Å². The van der Waals surface area contributed by atoms with Crippen molar-refractivity contribution in [3.8, 4) is 0 Å². The van der Waals surface area contributed by atoms with Gasteiger partial charge >= 0.3 is 118 Å². The first-order valence-electron chi connectivity index (χ1n) is 6.70. The van der Waals surface area contributed by atoms with Gasteiger partial charge in [0.25, 0.3) is 0 Å². The van der Waals surface area contributed by atoms with Crippen LogP contribution < -0.4 is 0 Å². The topological polar surface area (TPSA) is 0 Å². The Balaban J connectivity index is 2.61. The van der Waals surface area contributed by atoms with Crippen LogP contribution in [0.2, 0.25) is 8.94 Å². The first-order valence-corrected chi connectivity index (χ1v) is 16.9. The SMILES string of the molecule is CCCC[Te](Br)(CCCC)Cc1ccccc1. The summed E-state index contributed by atoms with van der Waals surface area (Å²) in [7, 11) is 0. The van der Waals surface area contributed by atoms with Crippen molar-refractivity contribution < 1.29 is 0 Å². The molecule has 0 N–H and O–H groups in total. The molecule has 0 aliphatic carbocycles. The van der Waals surface area contributed by atoms with Gasteiger partial charge in [-0.2, -0.15) is 0 Å². The van der Waals surface area contributed by atoms with Crippen molar-refractivity contribution in [1.82, 2.24) is 0 Å². The third kappa shape index (κ3) is 6.27. The van der Waals surface area contributed by atoms with Crippen LogP contribution in [0.1, 0.15) is 45.1 Å². The summed E-state index contributed by atoms with van der Waals surface area (Å²) in [5, 5.41) is 0. The quantitative estimate of drug-likeness (QED) is 0.480. The average Bonchev–Trinajstić information content (AvgIpc) is 2.35. The molecule has 0 atom stereocenters. The Kier molecular flexibility index (Phi) is 7.83. The fourth-order valence-corrected chi connectivity index (χ4v) is 15.0. The van der Waals surface area contributed by atoms with E-state index < -0.39 is 16.0 Å². The molecule has 0 amide bonds. The van der Waals surface area contributed by atoms with E-state index in [2.05, 4.69) is 56.9 Å². The van der Waals surface area contributed by atoms with E-state index in [9.17, 15) is 0 Å². The van der Waals surface area contributed by atoms with Crippen molar-refractivity contribution in [1.29, 1.82) is 0 Å². The van der Waals surface area contributed by atoms with Crippen LogP contribution in [0, 0.1) is 0 Å². The number of halogens is 1. The number of hydrogen-bond donors (Lipinski definition) is 0. The number of hydrogen-bond acceptors (Lipinski definition) is 0. The van der Waals surface area contributed by atoms with Gasteiger partial charge in [0.1, 0.15) is 0 Å². The summed E-state index contributed by atoms with van der Waals surface area (Å²) >= 11 is 2.43. The molecule has 0 saturated heterocycles. The molecule has 0 unspecified atom stereocenters. The van der Waals surface area contributed by atoms with Gasteiger partial charge in [0.05, 0.1) is 0 Å². The van der Waals surface area contributed by atoms with Gasteiger partial charge in [-0.25, -0.2) is 0 Å². The molecule has 0 radical (unpaired) electrons. The molecule has 0 heterocycles. The maximum atomic E-state index is 4.21. The Morgan fingerprint density at radius 3 is 1.94 bits per heavy atom. The van der Waals surface area contributed by atoms with Crippen LogP contribution in [0.3, 0.4) is 0 Å². The van der Waals surface area contributed by atoms with E-state index in [0.29, 0.717) is 0 Å². The van der Waals surface area contributed by atoms with E-state index in [1.54, 1.807) is 0 Å². The molecule has 1 rings (SSSR count). The summed E-state index contributed by atoms with van der Waals surface area (Å²) in [6.45, 7) is 4.61. The second kappa shape index (κ2) is 8.57. The minimum atomic E-state index is -1.79. The normalized spacial score (nSPS) is 12.6. The summed E-state index contributed by atoms with van der Waals surface area (Å²) in [6.07, 6.45) is 5.48. The van der Waals surface area contributed by atoms with Gasteiger partial charge in [0, 0.05) is 0 Å². The third-order valence-electron chi connectivity index (χ3n) is 3.00. The zero-order valence-corrected chi connectivity index (χ0v) is 15.0. The van der Waals surface area contributed by atoms with Crippen LogP contribution >= 0.6 is 12.8 Å². The fourth-order valence-electron chi connectivity index (χ4n) is 1.93. The van der Waals surface area contributed by atoms with Gasteiger partial charge in [-0.1, -0.05) is 0 Å². The second-order valence-corrected chi connectivity index (χ2v) is 22.4. The van der Waals surface area contributed by atoms with Crippen LogP contribution in [-0.4, -0.2) is 16.0 Å². The molecule has 1 aromatic carbocycles. The molecular formula is C15H25BrTe. The predicted molar refractivity (Wildman–Crippen MR) is 84.3 cm³/mol. The van der Waals surface area contributed by atoms with Crippen molar-refractivity contribution in [3.63, 3.8) is 0 Å². The maximum absolute atomic E-state index is 4.21. The molecular weight excluding hydrogens is 388 g/mol. The van der Waals surface area contributed by atoms with Crippen molar-refractivity contribution in [3.05, 3.63) is 35.9 Å². The second-order valence-electron chi connectivity index (χ2n) is 4.68. The Hall–Kier alpha value is 0.490. The monoisotopic (exact) mass is 414 g/mol. The molecule has 0 bridgehead atoms. The van der Waals surface area contributed by atoms with E-state index in [1.807, 2.05) is 0 Å². The molecule has 17 heavy (non-hydrogen) atoms. The molecule has 0 aliphatic heterocycles. The van der Waals surface area contributed by atoms with Gasteiger partial charge < -0.3 is 0 Å². The molecule has 0 fully saturated rings. The van der Waals surface area contributed by atoms with Gasteiger partial charge in [0.15, 0.2) is 0 Å². The number of benzene rings is 1. The first-order chi connectivity index (χ1) is 8.20. The molecule has 0 saturated carbocycles. The summed E-state index contributed by atoms with van der Waals surface area (Å²) in [4.78, 5) is 0. The van der Waals surface area contributed by atoms with Crippen molar-refractivity contribution in [2.75, 3.05) is 0 Å². The third-order valence-corrected chi connectivity index (χ3v) is 17.1. The van der Waals surface area contributed by atoms with E-state index in [4.69, 9.17) is 0 Å². The first kappa shape index (κ1) is 15.5. The molecule has 2 heteroatoms. The molecule has 1 aromatic rings. The summed E-state index contributed by atoms with van der Waals surface area (Å²) in [5.74, 6) is 0. The Morgan fingerprint density at radius 1 is 0.941 bits per heavy atom. The van der Waals surface area contributed by atoms with E-state index in [0.717, 1.165) is 0 Å². The van der Waals surface area contributed by atoms with Crippen molar-refractivity contribution in [2.45, 2.75) is 52.9 Å². The van der Waals surface area contributed by atoms with Gasteiger partial charge in [-0.3, -0.25) is 0 Å². The zero-order chi connectivity index (χ0) is 12.6. The van der Waals surface area contributed by atoms with Crippen LogP contribution in [0.15, 0.2) is 30.3 Å².